The largest absolute Gasteiger partial charge is 0.337 e. The van der Waals surface area contributed by atoms with E-state index in [2.05, 4.69) is 18.8 Å². The van der Waals surface area contributed by atoms with Crippen molar-refractivity contribution in [2.75, 3.05) is 13.1 Å². The molecule has 0 bridgehead atoms. The highest BCUT2D eigenvalue weighted by molar-refractivity contribution is 5.95. The van der Waals surface area contributed by atoms with Gasteiger partial charge in [-0.05, 0) is 24.0 Å². The molecule has 1 aliphatic heterocycles. The van der Waals surface area contributed by atoms with E-state index in [4.69, 9.17) is 5.73 Å². The molecule has 3 rings (SSSR count). The predicted molar refractivity (Wildman–Crippen MR) is 84.0 cm³/mol. The van der Waals surface area contributed by atoms with Gasteiger partial charge in [0.2, 0.25) is 0 Å². The van der Waals surface area contributed by atoms with Crippen LogP contribution in [0.2, 0.25) is 0 Å². The Bertz CT molecular complexity index is 681. The highest BCUT2D eigenvalue weighted by Crippen LogP contribution is 2.28. The summed E-state index contributed by atoms with van der Waals surface area (Å²) in [6.07, 6.45) is 0.840. The Labute approximate surface area is 125 Å². The first-order chi connectivity index (χ1) is 9.97. The maximum Gasteiger partial charge on any atom is 0.272 e. The highest BCUT2D eigenvalue weighted by atomic mass is 16.2. The summed E-state index contributed by atoms with van der Waals surface area (Å²) < 4.78 is 0. The molecule has 0 saturated carbocycles. The first-order valence-electron chi connectivity index (χ1n) is 7.38. The lowest BCUT2D eigenvalue weighted by Gasteiger charge is -2.42. The molecule has 2 heterocycles. The topological polar surface area (TPSA) is 59.2 Å². The molecule has 110 valence electrons. The number of fused-ring (bicyclic) bond motifs is 1. The SMILES string of the molecule is CC1(C)CN(C(=O)c2ccc3ccccc3n2)CCC1N. The van der Waals surface area contributed by atoms with Crippen LogP contribution in [0.1, 0.15) is 30.8 Å². The smallest absolute Gasteiger partial charge is 0.272 e. The minimum Gasteiger partial charge on any atom is -0.337 e. The number of piperidine rings is 1. The normalized spacial score (nSPS) is 21.5. The summed E-state index contributed by atoms with van der Waals surface area (Å²) in [5.41, 5.74) is 7.46. The zero-order chi connectivity index (χ0) is 15.0. The molecule has 1 aromatic heterocycles. The fourth-order valence-electron chi connectivity index (χ4n) is 2.89. The van der Waals surface area contributed by atoms with Crippen molar-refractivity contribution in [3.8, 4) is 0 Å². The van der Waals surface area contributed by atoms with Crippen LogP contribution in [0.5, 0.6) is 0 Å². The summed E-state index contributed by atoms with van der Waals surface area (Å²) in [5, 5.41) is 1.05. The van der Waals surface area contributed by atoms with Crippen LogP contribution in [0.15, 0.2) is 36.4 Å². The Hall–Kier alpha value is -1.94. The summed E-state index contributed by atoms with van der Waals surface area (Å²) in [5.74, 6) is 0.000674. The molecule has 1 atom stereocenters. The van der Waals surface area contributed by atoms with Crippen LogP contribution in [0, 0.1) is 5.41 Å². The second-order valence-corrected chi connectivity index (χ2v) is 6.50. The van der Waals surface area contributed by atoms with Gasteiger partial charge in [0.25, 0.3) is 5.91 Å². The third-order valence-corrected chi connectivity index (χ3v) is 4.42. The molecular formula is C17H21N3O. The fraction of sp³-hybridized carbons (Fsp3) is 0.412. The number of para-hydroxylation sites is 1. The van der Waals surface area contributed by atoms with Crippen molar-refractivity contribution in [3.05, 3.63) is 42.1 Å². The fourth-order valence-corrected chi connectivity index (χ4v) is 2.89. The number of carbonyl (C=O) groups excluding carboxylic acids is 1. The molecule has 4 heteroatoms. The van der Waals surface area contributed by atoms with Crippen LogP contribution in [-0.2, 0) is 0 Å². The monoisotopic (exact) mass is 283 g/mol. The number of carbonyl (C=O) groups is 1. The molecule has 2 N–H and O–H groups in total. The minimum absolute atomic E-state index is 0.000674. The minimum atomic E-state index is -0.0508. The number of nitrogens with two attached hydrogens (primary N) is 1. The molecule has 1 fully saturated rings. The van der Waals surface area contributed by atoms with Crippen LogP contribution in [-0.4, -0.2) is 34.9 Å². The van der Waals surface area contributed by atoms with E-state index in [-0.39, 0.29) is 17.4 Å². The van der Waals surface area contributed by atoms with E-state index in [0.29, 0.717) is 18.8 Å². The van der Waals surface area contributed by atoms with Crippen molar-refractivity contribution in [1.82, 2.24) is 9.88 Å². The number of aromatic nitrogens is 1. The number of likely N-dealkylation sites (tertiary alicyclic amines) is 1. The van der Waals surface area contributed by atoms with Gasteiger partial charge in [-0.1, -0.05) is 38.1 Å². The zero-order valence-corrected chi connectivity index (χ0v) is 12.5. The number of hydrogen-bond acceptors (Lipinski definition) is 3. The Balaban J connectivity index is 1.87. The van der Waals surface area contributed by atoms with Crippen molar-refractivity contribution < 1.29 is 4.79 Å². The lowest BCUT2D eigenvalue weighted by molar-refractivity contribution is 0.0528. The van der Waals surface area contributed by atoms with Gasteiger partial charge in [0.05, 0.1) is 5.52 Å². The Kier molecular flexibility index (Phi) is 3.41. The highest BCUT2D eigenvalue weighted by Gasteiger charge is 2.35. The zero-order valence-electron chi connectivity index (χ0n) is 12.5. The molecule has 21 heavy (non-hydrogen) atoms. The molecule has 1 aromatic carbocycles. The van der Waals surface area contributed by atoms with Gasteiger partial charge in [0, 0.05) is 24.5 Å². The molecule has 2 aromatic rings. The predicted octanol–water partition coefficient (Wildman–Crippen LogP) is 2.43. The van der Waals surface area contributed by atoms with Crippen LogP contribution in [0.3, 0.4) is 0 Å². The summed E-state index contributed by atoms with van der Waals surface area (Å²) in [4.78, 5) is 19.0. The Morgan fingerprint density at radius 3 is 2.81 bits per heavy atom. The van der Waals surface area contributed by atoms with Crippen molar-refractivity contribution in [3.63, 3.8) is 0 Å². The van der Waals surface area contributed by atoms with Gasteiger partial charge in [0.15, 0.2) is 0 Å². The quantitative estimate of drug-likeness (QED) is 0.874. The molecule has 4 nitrogen and oxygen atoms in total. The number of pyridine rings is 1. The first-order valence-corrected chi connectivity index (χ1v) is 7.38. The van der Waals surface area contributed by atoms with E-state index in [9.17, 15) is 4.79 Å². The molecule has 0 aliphatic carbocycles. The average Bonchev–Trinajstić information content (AvgIpc) is 2.48. The van der Waals surface area contributed by atoms with Crippen molar-refractivity contribution >= 4 is 16.8 Å². The van der Waals surface area contributed by atoms with Crippen LogP contribution in [0.25, 0.3) is 10.9 Å². The van der Waals surface area contributed by atoms with Gasteiger partial charge in [-0.2, -0.15) is 0 Å². The van der Waals surface area contributed by atoms with Gasteiger partial charge in [-0.25, -0.2) is 4.98 Å². The van der Waals surface area contributed by atoms with Crippen LogP contribution >= 0.6 is 0 Å². The molecule has 1 aliphatic rings. The average molecular weight is 283 g/mol. The second kappa shape index (κ2) is 5.11. The van der Waals surface area contributed by atoms with Gasteiger partial charge < -0.3 is 10.6 Å². The molecule has 1 amide bonds. The van der Waals surface area contributed by atoms with E-state index in [0.717, 1.165) is 17.3 Å². The van der Waals surface area contributed by atoms with E-state index in [1.165, 1.54) is 0 Å². The lowest BCUT2D eigenvalue weighted by atomic mass is 9.79. The maximum atomic E-state index is 12.7. The van der Waals surface area contributed by atoms with Gasteiger partial charge in [0.1, 0.15) is 5.69 Å². The molecular weight excluding hydrogens is 262 g/mol. The maximum absolute atomic E-state index is 12.7. The van der Waals surface area contributed by atoms with Gasteiger partial charge in [-0.3, -0.25) is 4.79 Å². The first kappa shape index (κ1) is 14.0. The summed E-state index contributed by atoms with van der Waals surface area (Å²) in [7, 11) is 0. The molecule has 0 radical (unpaired) electrons. The number of amides is 1. The lowest BCUT2D eigenvalue weighted by Crippen LogP contribution is -2.54. The van der Waals surface area contributed by atoms with E-state index < -0.39 is 0 Å². The Morgan fingerprint density at radius 1 is 1.29 bits per heavy atom. The summed E-state index contributed by atoms with van der Waals surface area (Å²) in [6, 6.07) is 11.8. The number of nitrogens with zero attached hydrogens (tertiary/aromatic N) is 2. The van der Waals surface area contributed by atoms with E-state index in [1.807, 2.05) is 41.3 Å². The molecule has 1 saturated heterocycles. The molecule has 0 spiro atoms. The van der Waals surface area contributed by atoms with E-state index in [1.54, 1.807) is 0 Å². The molecule has 1 unspecified atom stereocenters. The third-order valence-electron chi connectivity index (χ3n) is 4.42. The Morgan fingerprint density at radius 2 is 2.05 bits per heavy atom. The standard InChI is InChI=1S/C17H21N3O/c1-17(2)11-20(10-9-15(17)18)16(21)14-8-7-12-5-3-4-6-13(12)19-14/h3-8,15H,9-11,18H2,1-2H3. The third kappa shape index (κ3) is 2.63. The number of rotatable bonds is 1. The second-order valence-electron chi connectivity index (χ2n) is 6.50. The van der Waals surface area contributed by atoms with Crippen molar-refractivity contribution in [2.24, 2.45) is 11.1 Å². The van der Waals surface area contributed by atoms with Crippen LogP contribution < -0.4 is 5.73 Å². The van der Waals surface area contributed by atoms with E-state index >= 15 is 0 Å². The van der Waals surface area contributed by atoms with Crippen molar-refractivity contribution in [2.45, 2.75) is 26.3 Å². The van der Waals surface area contributed by atoms with Gasteiger partial charge >= 0.3 is 0 Å². The van der Waals surface area contributed by atoms with Crippen molar-refractivity contribution in [1.29, 1.82) is 0 Å². The number of hydrogen-bond donors (Lipinski definition) is 1. The van der Waals surface area contributed by atoms with Gasteiger partial charge in [-0.15, -0.1) is 0 Å². The summed E-state index contributed by atoms with van der Waals surface area (Å²) >= 11 is 0. The van der Waals surface area contributed by atoms with Crippen LogP contribution in [0.4, 0.5) is 0 Å². The number of benzene rings is 1. The summed E-state index contributed by atoms with van der Waals surface area (Å²) in [6.45, 7) is 5.62.